The quantitative estimate of drug-likeness (QED) is 0.270. The van der Waals surface area contributed by atoms with Crippen molar-refractivity contribution in [3.05, 3.63) is 77.6 Å². The molecule has 0 aliphatic carbocycles. The van der Waals surface area contributed by atoms with Crippen LogP contribution < -0.4 is 0 Å². The van der Waals surface area contributed by atoms with Gasteiger partial charge in [-0.25, -0.2) is 26.6 Å². The molecular weight excluding hydrogens is 541 g/mol. The van der Waals surface area contributed by atoms with Gasteiger partial charge in [0.05, 0.1) is 45.2 Å². The first-order chi connectivity index (χ1) is 19.1. The number of aryl methyl sites for hydroxylation is 2. The maximum atomic E-state index is 15.5. The molecule has 40 heavy (non-hydrogen) atoms. The van der Waals surface area contributed by atoms with Crippen LogP contribution in [0.25, 0.3) is 33.2 Å². The molecule has 11 heteroatoms. The largest absolute Gasteiger partial charge is 0.381 e. The van der Waals surface area contributed by atoms with Gasteiger partial charge in [0.25, 0.3) is 0 Å². The van der Waals surface area contributed by atoms with Gasteiger partial charge in [-0.15, -0.1) is 0 Å². The minimum absolute atomic E-state index is 0.0662. The summed E-state index contributed by atoms with van der Waals surface area (Å²) in [4.78, 5) is 9.16. The molecule has 208 valence electrons. The third-order valence-corrected chi connectivity index (χ3v) is 8.89. The number of ether oxygens (including phenoxy) is 1. The molecule has 6 rings (SSSR count). The second-order valence-electron chi connectivity index (χ2n) is 10.4. The Hall–Kier alpha value is -3.70. The first kappa shape index (κ1) is 26.5. The van der Waals surface area contributed by atoms with Crippen molar-refractivity contribution in [2.24, 2.45) is 13.0 Å². The van der Waals surface area contributed by atoms with Crippen LogP contribution in [0, 0.1) is 30.3 Å². The van der Waals surface area contributed by atoms with Gasteiger partial charge in [0.2, 0.25) is 0 Å². The van der Waals surface area contributed by atoms with Gasteiger partial charge in [-0.05, 0) is 43.9 Å². The first-order valence-electron chi connectivity index (χ1n) is 12.9. The van der Waals surface area contributed by atoms with Crippen molar-refractivity contribution in [2.75, 3.05) is 19.5 Å². The average molecular weight is 569 g/mol. The third-order valence-electron chi connectivity index (χ3n) is 7.75. The first-order valence-corrected chi connectivity index (χ1v) is 14.8. The number of fused-ring (bicyclic) bond motifs is 3. The lowest BCUT2D eigenvalue weighted by Crippen LogP contribution is -2.28. The molecule has 3 aromatic heterocycles. The van der Waals surface area contributed by atoms with Crippen molar-refractivity contribution in [1.82, 2.24) is 19.1 Å². The van der Waals surface area contributed by atoms with Crippen LogP contribution in [-0.2, 0) is 21.6 Å². The Morgan fingerprint density at radius 2 is 1.73 bits per heavy atom. The highest BCUT2D eigenvalue weighted by Crippen LogP contribution is 2.44. The third kappa shape index (κ3) is 4.28. The summed E-state index contributed by atoms with van der Waals surface area (Å²) >= 11 is 0. The number of halogens is 3. The van der Waals surface area contributed by atoms with Crippen molar-refractivity contribution in [3.8, 4) is 11.3 Å². The molecule has 0 N–H and O–H groups in total. The fourth-order valence-electron chi connectivity index (χ4n) is 6.06. The van der Waals surface area contributed by atoms with E-state index in [4.69, 9.17) is 9.72 Å². The molecular formula is C29H27F3N4O3S. The molecule has 1 saturated heterocycles. The number of pyridine rings is 1. The van der Waals surface area contributed by atoms with Crippen molar-refractivity contribution in [3.63, 3.8) is 0 Å². The average Bonchev–Trinajstić information content (AvgIpc) is 3.41. The van der Waals surface area contributed by atoms with Crippen LogP contribution in [0.15, 0.2) is 53.8 Å². The summed E-state index contributed by atoms with van der Waals surface area (Å²) in [6.07, 6.45) is 5.45. The fraction of sp³-hybridized carbons (Fsp3) is 0.310. The van der Waals surface area contributed by atoms with Gasteiger partial charge in [0, 0.05) is 61.4 Å². The number of rotatable bonds is 5. The molecule has 5 aromatic rings. The Kier molecular flexibility index (Phi) is 6.46. The number of benzene rings is 2. The van der Waals surface area contributed by atoms with Gasteiger partial charge in [-0.1, -0.05) is 6.07 Å². The highest BCUT2D eigenvalue weighted by atomic mass is 32.2. The Labute approximate surface area is 229 Å². The lowest BCUT2D eigenvalue weighted by atomic mass is 9.86. The summed E-state index contributed by atoms with van der Waals surface area (Å²) in [5, 5.41) is 0.369. The van der Waals surface area contributed by atoms with Crippen LogP contribution in [0.3, 0.4) is 0 Å². The standard InChI is InChI=1S/C29H27F3N4O3S/c1-16-28(35(2)15-34-16)18-11-23-27(33-14-18)26-22(5-4-6-24(26)40(3,37)38)36(23)29(17-7-9-39-10-8-17)25-20(31)12-19(30)13-21(25)32/h4-6,11-15,17,29H,7-10H2,1-3H3. The number of hydrogen-bond acceptors (Lipinski definition) is 5. The van der Waals surface area contributed by atoms with E-state index >= 15 is 8.78 Å². The van der Waals surface area contributed by atoms with Gasteiger partial charge in [-0.3, -0.25) is 4.98 Å². The van der Waals surface area contributed by atoms with Crippen LogP contribution in [0.4, 0.5) is 13.2 Å². The number of imidazole rings is 1. The van der Waals surface area contributed by atoms with Crippen molar-refractivity contribution < 1.29 is 26.3 Å². The van der Waals surface area contributed by atoms with Gasteiger partial charge < -0.3 is 13.9 Å². The number of sulfone groups is 1. The summed E-state index contributed by atoms with van der Waals surface area (Å²) in [7, 11) is -1.84. The molecule has 1 atom stereocenters. The minimum atomic E-state index is -3.70. The van der Waals surface area contributed by atoms with Gasteiger partial charge >= 0.3 is 0 Å². The van der Waals surface area contributed by atoms with Crippen LogP contribution in [0.1, 0.15) is 30.1 Å². The van der Waals surface area contributed by atoms with E-state index in [2.05, 4.69) is 4.98 Å². The molecule has 1 unspecified atom stereocenters. The molecule has 0 amide bonds. The van der Waals surface area contributed by atoms with E-state index in [9.17, 15) is 12.8 Å². The normalized spacial score (nSPS) is 15.8. The molecule has 2 aromatic carbocycles. The zero-order valence-electron chi connectivity index (χ0n) is 22.2. The van der Waals surface area contributed by atoms with E-state index in [0.29, 0.717) is 65.7 Å². The Bertz CT molecular complexity index is 1850. The summed E-state index contributed by atoms with van der Waals surface area (Å²) in [6.45, 7) is 2.66. The van der Waals surface area contributed by atoms with E-state index in [1.54, 1.807) is 29.2 Å². The van der Waals surface area contributed by atoms with E-state index in [1.807, 2.05) is 24.6 Å². The summed E-state index contributed by atoms with van der Waals surface area (Å²) in [5.41, 5.74) is 3.35. The molecule has 1 fully saturated rings. The summed E-state index contributed by atoms with van der Waals surface area (Å²) in [6, 6.07) is 7.14. The van der Waals surface area contributed by atoms with Crippen molar-refractivity contribution >= 4 is 31.8 Å². The smallest absolute Gasteiger partial charge is 0.176 e. The zero-order valence-corrected chi connectivity index (χ0v) is 23.0. The van der Waals surface area contributed by atoms with Crippen molar-refractivity contribution in [2.45, 2.75) is 30.7 Å². The number of aromatic nitrogens is 4. The van der Waals surface area contributed by atoms with E-state index < -0.39 is 33.3 Å². The highest BCUT2D eigenvalue weighted by molar-refractivity contribution is 7.91. The molecule has 1 aliphatic rings. The summed E-state index contributed by atoms with van der Waals surface area (Å²) in [5.74, 6) is -3.31. The predicted molar refractivity (Wildman–Crippen MR) is 145 cm³/mol. The van der Waals surface area contributed by atoms with Crippen molar-refractivity contribution in [1.29, 1.82) is 0 Å². The van der Waals surface area contributed by atoms with Gasteiger partial charge in [0.1, 0.15) is 17.5 Å². The van der Waals surface area contributed by atoms with E-state index in [0.717, 1.165) is 17.6 Å². The monoisotopic (exact) mass is 568 g/mol. The molecule has 0 radical (unpaired) electrons. The maximum Gasteiger partial charge on any atom is 0.176 e. The molecule has 1 aliphatic heterocycles. The maximum absolute atomic E-state index is 15.5. The van der Waals surface area contributed by atoms with Crippen LogP contribution in [-0.4, -0.2) is 47.0 Å². The predicted octanol–water partition coefficient (Wildman–Crippen LogP) is 5.74. The second kappa shape index (κ2) is 9.74. The Balaban J connectivity index is 1.77. The van der Waals surface area contributed by atoms with Gasteiger partial charge in [0.15, 0.2) is 9.84 Å². The van der Waals surface area contributed by atoms with Crippen LogP contribution >= 0.6 is 0 Å². The van der Waals surface area contributed by atoms with E-state index in [-0.39, 0.29) is 16.4 Å². The Morgan fingerprint density at radius 3 is 2.35 bits per heavy atom. The SMILES string of the molecule is Cc1ncn(C)c1-c1cnc2c3c(S(C)(=O)=O)cccc3n(C(c3c(F)cc(F)cc3F)C3CCOCC3)c2c1. The van der Waals surface area contributed by atoms with Crippen LogP contribution in [0.2, 0.25) is 0 Å². The summed E-state index contributed by atoms with van der Waals surface area (Å²) < 4.78 is 80.1. The Morgan fingerprint density at radius 1 is 1.02 bits per heavy atom. The van der Waals surface area contributed by atoms with E-state index in [1.165, 1.54) is 6.07 Å². The lowest BCUT2D eigenvalue weighted by Gasteiger charge is -2.33. The molecule has 0 spiro atoms. The lowest BCUT2D eigenvalue weighted by molar-refractivity contribution is 0.0543. The highest BCUT2D eigenvalue weighted by Gasteiger charge is 2.35. The fourth-order valence-corrected chi connectivity index (χ4v) is 6.96. The molecule has 7 nitrogen and oxygen atoms in total. The second-order valence-corrected chi connectivity index (χ2v) is 12.3. The minimum Gasteiger partial charge on any atom is -0.381 e. The molecule has 0 bridgehead atoms. The topological polar surface area (TPSA) is 79.0 Å². The number of nitrogens with zero attached hydrogens (tertiary/aromatic N) is 4. The zero-order chi connectivity index (χ0) is 28.3. The number of hydrogen-bond donors (Lipinski definition) is 0. The molecule has 4 heterocycles. The van der Waals surface area contributed by atoms with Crippen LogP contribution in [0.5, 0.6) is 0 Å². The molecule has 0 saturated carbocycles. The van der Waals surface area contributed by atoms with Gasteiger partial charge in [-0.2, -0.15) is 0 Å².